The van der Waals surface area contributed by atoms with E-state index in [2.05, 4.69) is 41.4 Å². The van der Waals surface area contributed by atoms with E-state index in [9.17, 15) is 9.59 Å². The maximum absolute atomic E-state index is 12.9. The van der Waals surface area contributed by atoms with Crippen molar-refractivity contribution >= 4 is 55.9 Å². The van der Waals surface area contributed by atoms with Crippen LogP contribution >= 0.6 is 15.9 Å². The second-order valence-corrected chi connectivity index (χ2v) is 10.3. The number of anilines is 3. The maximum atomic E-state index is 12.9. The van der Waals surface area contributed by atoms with Gasteiger partial charge in [0.15, 0.2) is 0 Å². The number of benzene rings is 2. The molecule has 10 heteroatoms. The standard InChI is InChI=1S/C29H34BrN5O4/c1-3-14-39-26-18-24-23(29(32-19-31-24)33-22-7-5-6-21(30)16-22)17-25(26)34-27(36)10-13-35-11-8-20(9-12-35)15-28(37)38-4-2/h5-7,10,13,16-20H,3-4,8-9,11-12,14-15H2,1-2H3,(H,34,36)(H,31,32,33)/b13-10+. The van der Waals surface area contributed by atoms with Crippen molar-refractivity contribution in [3.05, 3.63) is 59.5 Å². The lowest BCUT2D eigenvalue weighted by Crippen LogP contribution is -2.31. The molecule has 4 rings (SSSR count). The molecule has 1 aliphatic heterocycles. The molecule has 1 amide bonds. The van der Waals surface area contributed by atoms with E-state index in [4.69, 9.17) is 9.47 Å². The molecule has 2 N–H and O–H groups in total. The molecule has 2 aromatic carbocycles. The average molecular weight is 597 g/mol. The molecular weight excluding hydrogens is 562 g/mol. The Morgan fingerprint density at radius 3 is 2.72 bits per heavy atom. The molecule has 0 bridgehead atoms. The van der Waals surface area contributed by atoms with Crippen LogP contribution in [0.2, 0.25) is 0 Å². The number of amides is 1. The number of nitrogens with one attached hydrogen (secondary N) is 2. The van der Waals surface area contributed by atoms with Crippen molar-refractivity contribution < 1.29 is 19.1 Å². The lowest BCUT2D eigenvalue weighted by molar-refractivity contribution is -0.144. The molecule has 0 atom stereocenters. The number of likely N-dealkylation sites (tertiary alicyclic amines) is 1. The number of ether oxygens (including phenoxy) is 2. The second kappa shape index (κ2) is 13.9. The Hall–Kier alpha value is -3.66. The Morgan fingerprint density at radius 1 is 1.15 bits per heavy atom. The molecule has 0 spiro atoms. The van der Waals surface area contributed by atoms with Gasteiger partial charge in [-0.1, -0.05) is 28.9 Å². The highest BCUT2D eigenvalue weighted by Gasteiger charge is 2.21. The number of piperidine rings is 1. The number of nitrogens with zero attached hydrogens (tertiary/aromatic N) is 3. The van der Waals surface area contributed by atoms with Crippen LogP contribution in [0.3, 0.4) is 0 Å². The zero-order valence-electron chi connectivity index (χ0n) is 22.3. The average Bonchev–Trinajstić information content (AvgIpc) is 2.92. The van der Waals surface area contributed by atoms with Crippen LogP contribution in [0.25, 0.3) is 10.9 Å². The van der Waals surface area contributed by atoms with Crippen LogP contribution in [0.15, 0.2) is 59.5 Å². The van der Waals surface area contributed by atoms with E-state index >= 15 is 0 Å². The van der Waals surface area contributed by atoms with Crippen LogP contribution in [-0.2, 0) is 14.3 Å². The van der Waals surface area contributed by atoms with Crippen LogP contribution in [0.1, 0.15) is 39.5 Å². The molecule has 3 aromatic rings. The molecule has 0 unspecified atom stereocenters. The molecule has 0 saturated carbocycles. The molecule has 39 heavy (non-hydrogen) atoms. The van der Waals surface area contributed by atoms with Gasteiger partial charge in [-0.3, -0.25) is 9.59 Å². The molecule has 1 saturated heterocycles. The summed E-state index contributed by atoms with van der Waals surface area (Å²) in [4.78, 5) is 35.6. The summed E-state index contributed by atoms with van der Waals surface area (Å²) in [6.07, 6.45) is 7.90. The van der Waals surface area contributed by atoms with Gasteiger partial charge in [-0.05, 0) is 56.4 Å². The van der Waals surface area contributed by atoms with Gasteiger partial charge in [0.25, 0.3) is 0 Å². The van der Waals surface area contributed by atoms with Crippen molar-refractivity contribution in [2.24, 2.45) is 5.92 Å². The van der Waals surface area contributed by atoms with E-state index in [1.54, 1.807) is 0 Å². The number of aromatic nitrogens is 2. The Labute approximate surface area is 237 Å². The third-order valence-corrected chi connectivity index (χ3v) is 6.88. The monoisotopic (exact) mass is 595 g/mol. The quantitative estimate of drug-likeness (QED) is 0.204. The Bertz CT molecular complexity index is 1320. The SMILES string of the molecule is CCCOc1cc2ncnc(Nc3cccc(Br)c3)c2cc1NC(=O)/C=C/N1CCC(CC(=O)OCC)CC1. The number of rotatable bonds is 11. The third kappa shape index (κ3) is 8.16. The van der Waals surface area contributed by atoms with Gasteiger partial charge in [-0.15, -0.1) is 0 Å². The Balaban J connectivity index is 1.47. The van der Waals surface area contributed by atoms with E-state index < -0.39 is 0 Å². The normalized spacial score (nSPS) is 14.0. The molecule has 1 fully saturated rings. The molecule has 1 aromatic heterocycles. The maximum Gasteiger partial charge on any atom is 0.306 e. The number of hydrogen-bond donors (Lipinski definition) is 2. The molecule has 9 nitrogen and oxygen atoms in total. The van der Waals surface area contributed by atoms with Crippen LogP contribution in [-0.4, -0.2) is 53.0 Å². The fourth-order valence-electron chi connectivity index (χ4n) is 4.42. The minimum Gasteiger partial charge on any atom is -0.491 e. The first-order valence-corrected chi connectivity index (χ1v) is 14.1. The van der Waals surface area contributed by atoms with Crippen molar-refractivity contribution in [1.82, 2.24) is 14.9 Å². The summed E-state index contributed by atoms with van der Waals surface area (Å²) in [7, 11) is 0. The molecular formula is C29H34BrN5O4. The van der Waals surface area contributed by atoms with Gasteiger partial charge >= 0.3 is 5.97 Å². The summed E-state index contributed by atoms with van der Waals surface area (Å²) < 4.78 is 12.0. The fraction of sp³-hybridized carbons (Fsp3) is 0.379. The lowest BCUT2D eigenvalue weighted by Gasteiger charge is -2.30. The third-order valence-electron chi connectivity index (χ3n) is 6.39. The summed E-state index contributed by atoms with van der Waals surface area (Å²) in [5.74, 6) is 1.10. The number of halogens is 1. The zero-order chi connectivity index (χ0) is 27.6. The highest BCUT2D eigenvalue weighted by Crippen LogP contribution is 2.34. The first kappa shape index (κ1) is 28.4. The zero-order valence-corrected chi connectivity index (χ0v) is 23.9. The molecule has 0 aliphatic carbocycles. The van der Waals surface area contributed by atoms with E-state index in [1.165, 1.54) is 12.4 Å². The largest absolute Gasteiger partial charge is 0.491 e. The smallest absolute Gasteiger partial charge is 0.306 e. The van der Waals surface area contributed by atoms with E-state index in [-0.39, 0.29) is 11.9 Å². The summed E-state index contributed by atoms with van der Waals surface area (Å²) in [5.41, 5.74) is 2.12. The van der Waals surface area contributed by atoms with Gasteiger partial charge in [-0.25, -0.2) is 9.97 Å². The topological polar surface area (TPSA) is 106 Å². The van der Waals surface area contributed by atoms with Gasteiger partial charge in [0.2, 0.25) is 5.91 Å². The van der Waals surface area contributed by atoms with Crippen molar-refractivity contribution in [2.75, 3.05) is 36.9 Å². The van der Waals surface area contributed by atoms with Gasteiger partial charge < -0.3 is 25.0 Å². The molecule has 1 aliphatic rings. The highest BCUT2D eigenvalue weighted by molar-refractivity contribution is 9.10. The minimum absolute atomic E-state index is 0.136. The summed E-state index contributed by atoms with van der Waals surface area (Å²) in [6.45, 7) is 6.35. The van der Waals surface area contributed by atoms with Gasteiger partial charge in [0.1, 0.15) is 17.9 Å². The Kier molecular flexibility index (Phi) is 10.1. The van der Waals surface area contributed by atoms with Crippen LogP contribution in [0.4, 0.5) is 17.2 Å². The number of fused-ring (bicyclic) bond motifs is 1. The van der Waals surface area contributed by atoms with Gasteiger partial charge in [-0.2, -0.15) is 0 Å². The van der Waals surface area contributed by atoms with Gasteiger partial charge in [0.05, 0.1) is 24.4 Å². The van der Waals surface area contributed by atoms with Crippen LogP contribution in [0, 0.1) is 5.92 Å². The highest BCUT2D eigenvalue weighted by atomic mass is 79.9. The predicted octanol–water partition coefficient (Wildman–Crippen LogP) is 6.04. The van der Waals surface area contributed by atoms with Crippen molar-refractivity contribution in [2.45, 2.75) is 39.5 Å². The molecule has 0 radical (unpaired) electrons. The second-order valence-electron chi connectivity index (χ2n) is 9.37. The molecule has 2 heterocycles. The molecule has 206 valence electrons. The fourth-order valence-corrected chi connectivity index (χ4v) is 4.82. The number of carbonyl (C=O) groups is 2. The summed E-state index contributed by atoms with van der Waals surface area (Å²) in [6, 6.07) is 11.5. The minimum atomic E-state index is -0.261. The summed E-state index contributed by atoms with van der Waals surface area (Å²) >= 11 is 3.49. The van der Waals surface area contributed by atoms with Crippen LogP contribution in [0.5, 0.6) is 5.75 Å². The lowest BCUT2D eigenvalue weighted by atomic mass is 9.94. The van der Waals surface area contributed by atoms with Crippen LogP contribution < -0.4 is 15.4 Å². The first-order valence-electron chi connectivity index (χ1n) is 13.3. The van der Waals surface area contributed by atoms with E-state index in [0.29, 0.717) is 48.3 Å². The van der Waals surface area contributed by atoms with Crippen molar-refractivity contribution in [3.8, 4) is 5.75 Å². The van der Waals surface area contributed by atoms with Crippen molar-refractivity contribution in [3.63, 3.8) is 0 Å². The number of carbonyl (C=O) groups excluding carboxylic acids is 2. The van der Waals surface area contributed by atoms with E-state index in [0.717, 1.165) is 47.9 Å². The first-order chi connectivity index (χ1) is 18.9. The number of hydrogen-bond acceptors (Lipinski definition) is 8. The number of esters is 1. The summed E-state index contributed by atoms with van der Waals surface area (Å²) in [5, 5.41) is 7.06. The van der Waals surface area contributed by atoms with E-state index in [1.807, 2.05) is 56.4 Å². The van der Waals surface area contributed by atoms with Crippen molar-refractivity contribution in [1.29, 1.82) is 0 Å². The Morgan fingerprint density at radius 2 is 1.97 bits per heavy atom. The van der Waals surface area contributed by atoms with Gasteiger partial charge in [0, 0.05) is 53.4 Å². The predicted molar refractivity (Wildman–Crippen MR) is 156 cm³/mol.